The average Bonchev–Trinajstić information content (AvgIpc) is 3.67. The number of benzene rings is 7. The van der Waals surface area contributed by atoms with Crippen LogP contribution in [0.25, 0.3) is 89.1 Å². The van der Waals surface area contributed by atoms with Crippen molar-refractivity contribution in [2.45, 2.75) is 19.3 Å². The molecule has 0 fully saturated rings. The molecular formula is C46H31N3O. The summed E-state index contributed by atoms with van der Waals surface area (Å²) in [5.74, 6) is 1.91. The molecule has 0 radical (unpaired) electrons. The van der Waals surface area contributed by atoms with Crippen LogP contribution in [0.3, 0.4) is 0 Å². The number of nitrogens with zero attached hydrogens (tertiary/aromatic N) is 3. The lowest BCUT2D eigenvalue weighted by molar-refractivity contribution is 0.660. The Hall–Kier alpha value is -6.39. The molecule has 2 heterocycles. The Balaban J connectivity index is 1.24. The Kier molecular flexibility index (Phi) is 6.19. The molecule has 4 heteroatoms. The molecule has 1 aliphatic carbocycles. The van der Waals surface area contributed by atoms with Gasteiger partial charge in [0.1, 0.15) is 11.2 Å². The third-order valence-corrected chi connectivity index (χ3v) is 10.3. The lowest BCUT2D eigenvalue weighted by Gasteiger charge is -2.21. The van der Waals surface area contributed by atoms with Crippen LogP contribution in [0.2, 0.25) is 0 Å². The molecule has 0 spiro atoms. The largest absolute Gasteiger partial charge is 0.455 e. The summed E-state index contributed by atoms with van der Waals surface area (Å²) in [6.07, 6.45) is 0. The molecule has 2 aromatic heterocycles. The first-order valence-electron chi connectivity index (χ1n) is 17.0. The van der Waals surface area contributed by atoms with E-state index in [1.807, 2.05) is 24.3 Å². The Labute approximate surface area is 289 Å². The van der Waals surface area contributed by atoms with Crippen molar-refractivity contribution >= 4 is 32.7 Å². The summed E-state index contributed by atoms with van der Waals surface area (Å²) >= 11 is 0. The molecule has 0 unspecified atom stereocenters. The van der Waals surface area contributed by atoms with Gasteiger partial charge in [-0.15, -0.1) is 0 Å². The maximum absolute atomic E-state index is 6.64. The number of fused-ring (bicyclic) bond motifs is 8. The van der Waals surface area contributed by atoms with Crippen molar-refractivity contribution in [3.05, 3.63) is 163 Å². The van der Waals surface area contributed by atoms with Gasteiger partial charge in [-0.05, 0) is 57.0 Å². The van der Waals surface area contributed by atoms with E-state index < -0.39 is 0 Å². The predicted octanol–water partition coefficient (Wildman–Crippen LogP) is 11.9. The first-order valence-corrected chi connectivity index (χ1v) is 17.0. The normalized spacial score (nSPS) is 13.2. The van der Waals surface area contributed by atoms with Crippen molar-refractivity contribution in [1.29, 1.82) is 0 Å². The monoisotopic (exact) mass is 641 g/mol. The van der Waals surface area contributed by atoms with Crippen LogP contribution in [-0.2, 0) is 5.41 Å². The van der Waals surface area contributed by atoms with Crippen molar-refractivity contribution in [2.24, 2.45) is 0 Å². The summed E-state index contributed by atoms with van der Waals surface area (Å²) in [6, 6.07) is 53.0. The fourth-order valence-corrected chi connectivity index (χ4v) is 7.88. The molecule has 236 valence electrons. The first-order chi connectivity index (χ1) is 24.5. The van der Waals surface area contributed by atoms with E-state index in [4.69, 9.17) is 19.4 Å². The predicted molar refractivity (Wildman–Crippen MR) is 204 cm³/mol. The number of hydrogen-bond donors (Lipinski definition) is 0. The Morgan fingerprint density at radius 1 is 0.420 bits per heavy atom. The highest BCUT2D eigenvalue weighted by atomic mass is 16.3. The van der Waals surface area contributed by atoms with Gasteiger partial charge in [-0.3, -0.25) is 0 Å². The van der Waals surface area contributed by atoms with Crippen molar-refractivity contribution in [3.8, 4) is 56.4 Å². The van der Waals surface area contributed by atoms with E-state index in [9.17, 15) is 0 Å². The molecule has 50 heavy (non-hydrogen) atoms. The van der Waals surface area contributed by atoms with Gasteiger partial charge in [0.15, 0.2) is 17.5 Å². The topological polar surface area (TPSA) is 51.8 Å². The first kappa shape index (κ1) is 28.6. The molecule has 0 saturated heterocycles. The van der Waals surface area contributed by atoms with E-state index in [0.29, 0.717) is 17.5 Å². The molecule has 9 aromatic rings. The summed E-state index contributed by atoms with van der Waals surface area (Å²) in [5, 5.41) is 4.17. The van der Waals surface area contributed by atoms with Crippen LogP contribution in [0.1, 0.15) is 25.0 Å². The molecule has 0 amide bonds. The third kappa shape index (κ3) is 4.28. The molecule has 0 bridgehead atoms. The minimum absolute atomic E-state index is 0.139. The molecule has 0 aliphatic heterocycles. The van der Waals surface area contributed by atoms with Gasteiger partial charge in [0, 0.05) is 38.3 Å². The van der Waals surface area contributed by atoms with E-state index in [1.54, 1.807) is 0 Å². The van der Waals surface area contributed by atoms with Crippen molar-refractivity contribution in [3.63, 3.8) is 0 Å². The minimum atomic E-state index is -0.139. The zero-order chi connectivity index (χ0) is 33.4. The maximum atomic E-state index is 6.64. The lowest BCUT2D eigenvalue weighted by atomic mass is 9.82. The van der Waals surface area contributed by atoms with Crippen molar-refractivity contribution in [1.82, 2.24) is 15.0 Å². The SMILES string of the molecule is CC1(C)c2ccccc2-c2ccc(-c3nc(-c4ccccc4)nc(-c4cc5c(oc6cccc(-c7ccccc7)c65)c5ccccc45)n3)cc21. The molecule has 10 rings (SSSR count). The zero-order valence-corrected chi connectivity index (χ0v) is 27.7. The van der Waals surface area contributed by atoms with Crippen molar-refractivity contribution in [2.75, 3.05) is 0 Å². The smallest absolute Gasteiger partial charge is 0.164 e. The zero-order valence-electron chi connectivity index (χ0n) is 27.7. The van der Waals surface area contributed by atoms with Crippen LogP contribution in [-0.4, -0.2) is 15.0 Å². The van der Waals surface area contributed by atoms with Crippen LogP contribution in [0.5, 0.6) is 0 Å². The molecule has 0 N–H and O–H groups in total. The maximum Gasteiger partial charge on any atom is 0.164 e. The van der Waals surface area contributed by atoms with Gasteiger partial charge < -0.3 is 4.42 Å². The fraction of sp³-hybridized carbons (Fsp3) is 0.0652. The van der Waals surface area contributed by atoms with Crippen molar-refractivity contribution < 1.29 is 4.42 Å². The van der Waals surface area contributed by atoms with Crippen LogP contribution in [0.4, 0.5) is 0 Å². The molecule has 7 aromatic carbocycles. The molecule has 1 aliphatic rings. The summed E-state index contributed by atoms with van der Waals surface area (Å²) in [5.41, 5.74) is 11.9. The Morgan fingerprint density at radius 3 is 1.84 bits per heavy atom. The molecule has 0 atom stereocenters. The highest BCUT2D eigenvalue weighted by Crippen LogP contribution is 2.49. The van der Waals surface area contributed by atoms with Gasteiger partial charge in [-0.1, -0.05) is 147 Å². The quantitative estimate of drug-likeness (QED) is 0.192. The summed E-state index contributed by atoms with van der Waals surface area (Å²) in [6.45, 7) is 4.60. The van der Waals surface area contributed by atoms with Gasteiger partial charge in [0.25, 0.3) is 0 Å². The third-order valence-electron chi connectivity index (χ3n) is 10.3. The van der Waals surface area contributed by atoms with Crippen LogP contribution in [0, 0.1) is 0 Å². The number of furan rings is 1. The van der Waals surface area contributed by atoms with E-state index in [-0.39, 0.29) is 5.41 Å². The van der Waals surface area contributed by atoms with E-state index in [0.717, 1.165) is 60.5 Å². The van der Waals surface area contributed by atoms with Gasteiger partial charge in [0.05, 0.1) is 0 Å². The summed E-state index contributed by atoms with van der Waals surface area (Å²) in [4.78, 5) is 15.6. The highest BCUT2D eigenvalue weighted by Gasteiger charge is 2.35. The minimum Gasteiger partial charge on any atom is -0.455 e. The van der Waals surface area contributed by atoms with Gasteiger partial charge in [-0.25, -0.2) is 15.0 Å². The van der Waals surface area contributed by atoms with Crippen LogP contribution >= 0.6 is 0 Å². The number of aromatic nitrogens is 3. The van der Waals surface area contributed by atoms with E-state index in [2.05, 4.69) is 141 Å². The van der Waals surface area contributed by atoms with E-state index in [1.165, 1.54) is 22.3 Å². The second kappa shape index (κ2) is 10.8. The summed E-state index contributed by atoms with van der Waals surface area (Å²) < 4.78 is 6.64. The fourth-order valence-electron chi connectivity index (χ4n) is 7.88. The highest BCUT2D eigenvalue weighted by molar-refractivity contribution is 6.21. The average molecular weight is 642 g/mol. The number of hydrogen-bond acceptors (Lipinski definition) is 4. The second-order valence-corrected chi connectivity index (χ2v) is 13.6. The Morgan fingerprint density at radius 2 is 1.04 bits per heavy atom. The second-order valence-electron chi connectivity index (χ2n) is 13.6. The van der Waals surface area contributed by atoms with E-state index >= 15 is 0 Å². The molecule has 0 saturated carbocycles. The lowest BCUT2D eigenvalue weighted by Crippen LogP contribution is -2.15. The van der Waals surface area contributed by atoms with Gasteiger partial charge in [0.2, 0.25) is 0 Å². The standard InChI is InChI=1S/C46H31N3O/c1-46(2)38-22-12-11-19-33(38)34-25-24-30(26-39(34)46)44-47-43(29-16-7-4-8-17-29)48-45(49-44)36-27-37-41-31(28-14-5-3-6-15-28)21-13-23-40(41)50-42(37)35-20-10-9-18-32(35)36/h3-27H,1-2H3. The van der Waals surface area contributed by atoms with Gasteiger partial charge in [-0.2, -0.15) is 0 Å². The molecule has 4 nitrogen and oxygen atoms in total. The van der Waals surface area contributed by atoms with Crippen LogP contribution < -0.4 is 0 Å². The summed E-state index contributed by atoms with van der Waals surface area (Å²) in [7, 11) is 0. The van der Waals surface area contributed by atoms with Gasteiger partial charge >= 0.3 is 0 Å². The number of rotatable bonds is 4. The Bertz CT molecular complexity index is 2780. The molecular weight excluding hydrogens is 611 g/mol. The van der Waals surface area contributed by atoms with Crippen LogP contribution in [0.15, 0.2) is 156 Å².